The monoisotopic (exact) mass is 436 g/mol. The zero-order chi connectivity index (χ0) is 21.6. The molecule has 0 N–H and O–H groups in total. The lowest BCUT2D eigenvalue weighted by Gasteiger charge is -2.36. The topological polar surface area (TPSA) is 42.0 Å². The highest BCUT2D eigenvalue weighted by molar-refractivity contribution is 6.31. The second kappa shape index (κ2) is 9.75. The van der Waals surface area contributed by atoms with E-state index in [1.54, 1.807) is 25.3 Å². The molecule has 3 aromatic carbocycles. The number of ether oxygens (including phenoxy) is 2. The molecule has 0 bridgehead atoms. The summed E-state index contributed by atoms with van der Waals surface area (Å²) < 4.78 is 11.5. The van der Waals surface area contributed by atoms with Crippen LogP contribution in [0.5, 0.6) is 11.5 Å². The number of amides is 1. The van der Waals surface area contributed by atoms with Gasteiger partial charge >= 0.3 is 0 Å². The molecule has 3 aromatic rings. The van der Waals surface area contributed by atoms with Gasteiger partial charge in [-0.15, -0.1) is 0 Å². The number of benzene rings is 3. The lowest BCUT2D eigenvalue weighted by molar-refractivity contribution is 0.0741. The van der Waals surface area contributed by atoms with Gasteiger partial charge in [0, 0.05) is 31.2 Å². The van der Waals surface area contributed by atoms with Crippen LogP contribution in [-0.2, 0) is 6.61 Å². The fraction of sp³-hybridized carbons (Fsp3) is 0.240. The number of hydrogen-bond acceptors (Lipinski definition) is 4. The van der Waals surface area contributed by atoms with Gasteiger partial charge in [-0.1, -0.05) is 54.1 Å². The molecule has 31 heavy (non-hydrogen) atoms. The van der Waals surface area contributed by atoms with Crippen molar-refractivity contribution in [2.75, 3.05) is 38.2 Å². The van der Waals surface area contributed by atoms with E-state index >= 15 is 0 Å². The van der Waals surface area contributed by atoms with E-state index in [4.69, 9.17) is 21.1 Å². The van der Waals surface area contributed by atoms with E-state index < -0.39 is 0 Å². The largest absolute Gasteiger partial charge is 0.495 e. The normalized spacial score (nSPS) is 13.7. The van der Waals surface area contributed by atoms with Crippen LogP contribution in [-0.4, -0.2) is 44.1 Å². The van der Waals surface area contributed by atoms with E-state index in [9.17, 15) is 4.79 Å². The highest BCUT2D eigenvalue weighted by Crippen LogP contribution is 2.30. The van der Waals surface area contributed by atoms with Crippen LogP contribution in [0.15, 0.2) is 72.8 Å². The molecule has 0 aliphatic carbocycles. The van der Waals surface area contributed by atoms with Crippen molar-refractivity contribution in [2.24, 2.45) is 0 Å². The first-order valence-electron chi connectivity index (χ1n) is 10.3. The molecule has 1 amide bonds. The van der Waals surface area contributed by atoms with Gasteiger partial charge in [-0.25, -0.2) is 0 Å². The van der Waals surface area contributed by atoms with Crippen molar-refractivity contribution in [1.82, 2.24) is 4.90 Å². The minimum atomic E-state index is -0.0646. The number of halogens is 1. The molecule has 1 saturated heterocycles. The Balaban J connectivity index is 1.45. The van der Waals surface area contributed by atoms with Gasteiger partial charge in [0.2, 0.25) is 0 Å². The van der Waals surface area contributed by atoms with Gasteiger partial charge < -0.3 is 19.3 Å². The van der Waals surface area contributed by atoms with Crippen molar-refractivity contribution in [1.29, 1.82) is 0 Å². The van der Waals surface area contributed by atoms with Crippen LogP contribution in [0.1, 0.15) is 15.9 Å². The SMILES string of the molecule is COc1ccccc1N1CCN(C(=O)c2cc(Cl)ccc2OCc2ccccc2)CC1. The molecule has 1 aliphatic heterocycles. The molecule has 0 saturated carbocycles. The second-order valence-corrected chi connectivity index (χ2v) is 7.80. The average molecular weight is 437 g/mol. The molecule has 0 aromatic heterocycles. The van der Waals surface area contributed by atoms with Crippen molar-refractivity contribution < 1.29 is 14.3 Å². The Bertz CT molecular complexity index is 1030. The Morgan fingerprint density at radius 3 is 2.35 bits per heavy atom. The van der Waals surface area contributed by atoms with Crippen molar-refractivity contribution >= 4 is 23.2 Å². The zero-order valence-electron chi connectivity index (χ0n) is 17.5. The smallest absolute Gasteiger partial charge is 0.257 e. The van der Waals surface area contributed by atoms with Crippen LogP contribution >= 0.6 is 11.6 Å². The van der Waals surface area contributed by atoms with E-state index in [2.05, 4.69) is 4.90 Å². The molecule has 0 radical (unpaired) electrons. The van der Waals surface area contributed by atoms with Crippen LogP contribution in [0.4, 0.5) is 5.69 Å². The average Bonchev–Trinajstić information content (AvgIpc) is 2.83. The first-order chi connectivity index (χ1) is 15.2. The van der Waals surface area contributed by atoms with Crippen LogP contribution in [0, 0.1) is 0 Å². The molecule has 5 nitrogen and oxygen atoms in total. The molecule has 6 heteroatoms. The molecule has 1 aliphatic rings. The molecule has 0 unspecified atom stereocenters. The van der Waals surface area contributed by atoms with E-state index in [1.807, 2.05) is 59.5 Å². The maximum absolute atomic E-state index is 13.3. The first kappa shape index (κ1) is 21.1. The number of nitrogens with zero attached hydrogens (tertiary/aromatic N) is 2. The number of methoxy groups -OCH3 is 1. The fourth-order valence-corrected chi connectivity index (χ4v) is 3.91. The third-order valence-electron chi connectivity index (χ3n) is 5.40. The van der Waals surface area contributed by atoms with E-state index in [0.29, 0.717) is 36.0 Å². The third-order valence-corrected chi connectivity index (χ3v) is 5.64. The molecule has 4 rings (SSSR count). The summed E-state index contributed by atoms with van der Waals surface area (Å²) in [5, 5.41) is 0.517. The number of carbonyl (C=O) groups excluding carboxylic acids is 1. The lowest BCUT2D eigenvalue weighted by Crippen LogP contribution is -2.49. The minimum absolute atomic E-state index is 0.0646. The Hall–Kier alpha value is -3.18. The fourth-order valence-electron chi connectivity index (χ4n) is 3.74. The number of piperazine rings is 1. The van der Waals surface area contributed by atoms with Crippen LogP contribution in [0.3, 0.4) is 0 Å². The maximum atomic E-state index is 13.3. The summed E-state index contributed by atoms with van der Waals surface area (Å²) >= 11 is 6.21. The second-order valence-electron chi connectivity index (χ2n) is 7.37. The highest BCUT2D eigenvalue weighted by Gasteiger charge is 2.26. The van der Waals surface area contributed by atoms with E-state index in [0.717, 1.165) is 30.1 Å². The first-order valence-corrected chi connectivity index (χ1v) is 10.7. The molecule has 0 atom stereocenters. The van der Waals surface area contributed by atoms with Crippen molar-refractivity contribution in [2.45, 2.75) is 6.61 Å². The lowest BCUT2D eigenvalue weighted by atomic mass is 10.1. The summed E-state index contributed by atoms with van der Waals surface area (Å²) in [6.07, 6.45) is 0. The van der Waals surface area contributed by atoms with Gasteiger partial charge in [-0.2, -0.15) is 0 Å². The molecular formula is C25H25ClN2O3. The van der Waals surface area contributed by atoms with Crippen LogP contribution < -0.4 is 14.4 Å². The maximum Gasteiger partial charge on any atom is 0.257 e. The Morgan fingerprint density at radius 1 is 0.903 bits per heavy atom. The van der Waals surface area contributed by atoms with Crippen molar-refractivity contribution in [3.05, 3.63) is 88.9 Å². The molecule has 0 spiro atoms. The summed E-state index contributed by atoms with van der Waals surface area (Å²) in [5.74, 6) is 1.32. The summed E-state index contributed by atoms with van der Waals surface area (Å²) in [6, 6.07) is 23.0. The third kappa shape index (κ3) is 4.94. The van der Waals surface area contributed by atoms with Crippen molar-refractivity contribution in [3.8, 4) is 11.5 Å². The number of hydrogen-bond donors (Lipinski definition) is 0. The Kier molecular flexibility index (Phi) is 6.63. The van der Waals surface area contributed by atoms with Gasteiger partial charge in [-0.3, -0.25) is 4.79 Å². The predicted molar refractivity (Wildman–Crippen MR) is 123 cm³/mol. The van der Waals surface area contributed by atoms with Gasteiger partial charge in [0.05, 0.1) is 18.4 Å². The molecule has 160 valence electrons. The summed E-state index contributed by atoms with van der Waals surface area (Å²) in [7, 11) is 1.68. The van der Waals surface area contributed by atoms with E-state index in [-0.39, 0.29) is 5.91 Å². The minimum Gasteiger partial charge on any atom is -0.495 e. The summed E-state index contributed by atoms with van der Waals surface area (Å²) in [6.45, 7) is 3.08. The molecule has 1 heterocycles. The molecular weight excluding hydrogens is 412 g/mol. The molecule has 1 fully saturated rings. The predicted octanol–water partition coefficient (Wildman–Crippen LogP) is 4.89. The standard InChI is InChI=1S/C25H25ClN2O3/c1-30-24-10-6-5-9-22(24)27-13-15-28(16-14-27)25(29)21-17-20(26)11-12-23(21)31-18-19-7-3-2-4-8-19/h2-12,17H,13-16,18H2,1H3. The van der Waals surface area contributed by atoms with Crippen LogP contribution in [0.25, 0.3) is 0 Å². The Labute approximate surface area is 187 Å². The summed E-state index contributed by atoms with van der Waals surface area (Å²) in [5.41, 5.74) is 2.59. The van der Waals surface area contributed by atoms with E-state index in [1.165, 1.54) is 0 Å². The number of carbonyl (C=O) groups is 1. The zero-order valence-corrected chi connectivity index (χ0v) is 18.2. The van der Waals surface area contributed by atoms with Gasteiger partial charge in [0.25, 0.3) is 5.91 Å². The summed E-state index contributed by atoms with van der Waals surface area (Å²) in [4.78, 5) is 17.4. The quantitative estimate of drug-likeness (QED) is 0.551. The van der Waals surface area contributed by atoms with Gasteiger partial charge in [0.15, 0.2) is 0 Å². The highest BCUT2D eigenvalue weighted by atomic mass is 35.5. The number of anilines is 1. The Morgan fingerprint density at radius 2 is 1.61 bits per heavy atom. The van der Waals surface area contributed by atoms with Crippen LogP contribution in [0.2, 0.25) is 5.02 Å². The van der Waals surface area contributed by atoms with Gasteiger partial charge in [0.1, 0.15) is 18.1 Å². The number of rotatable bonds is 6. The van der Waals surface area contributed by atoms with Gasteiger partial charge in [-0.05, 0) is 35.9 Å². The number of para-hydroxylation sites is 2. The van der Waals surface area contributed by atoms with Crippen molar-refractivity contribution in [3.63, 3.8) is 0 Å².